The molecule has 0 fully saturated rings. The fourth-order valence-electron chi connectivity index (χ4n) is 1.71. The molecule has 9 heteroatoms. The topological polar surface area (TPSA) is 27.1 Å². The van der Waals surface area contributed by atoms with Crippen molar-refractivity contribution in [2.24, 2.45) is 0 Å². The Morgan fingerprint density at radius 1 is 1.09 bits per heavy atom. The van der Waals surface area contributed by atoms with Crippen LogP contribution >= 0.6 is 69.8 Å². The summed E-state index contributed by atoms with van der Waals surface area (Å²) in [7, 11) is 1.65. The Balaban J connectivity index is 2.13. The van der Waals surface area contributed by atoms with Gasteiger partial charge in [0.05, 0.1) is 44.1 Å². The van der Waals surface area contributed by atoms with Gasteiger partial charge >= 0.3 is 0 Å². The smallest absolute Gasteiger partial charge is 0.0946 e. The lowest BCUT2D eigenvalue weighted by molar-refractivity contribution is 0.107. The van der Waals surface area contributed by atoms with Crippen LogP contribution in [0.1, 0.15) is 0 Å². The van der Waals surface area contributed by atoms with E-state index in [-0.39, 0.29) is 21.2 Å². The molecule has 0 saturated heterocycles. The monoisotopic (exact) mass is 418 g/mol. The minimum absolute atomic E-state index is 0.0560. The fourth-order valence-corrected chi connectivity index (χ4v) is 4.34. The molecule has 1 unspecified atom stereocenters. The van der Waals surface area contributed by atoms with E-state index < -0.39 is 0 Å². The lowest BCUT2D eigenvalue weighted by Crippen LogP contribution is -2.20. The predicted molar refractivity (Wildman–Crippen MR) is 95.2 cm³/mol. The molecule has 1 heterocycles. The van der Waals surface area contributed by atoms with Crippen molar-refractivity contribution >= 4 is 69.8 Å². The molecule has 1 aromatic carbocycles. The van der Waals surface area contributed by atoms with Crippen LogP contribution in [0.2, 0.25) is 25.1 Å². The number of hydrogen-bond donors (Lipinski definition) is 0. The number of benzene rings is 1. The molecule has 0 aliphatic heterocycles. The molecule has 0 aliphatic rings. The van der Waals surface area contributed by atoms with Crippen molar-refractivity contribution in [2.45, 2.75) is 17.5 Å². The molecule has 0 amide bonds. The molecular weight excluding hydrogens is 409 g/mol. The number of halogens is 5. The highest BCUT2D eigenvalue weighted by molar-refractivity contribution is 7.99. The van der Waals surface area contributed by atoms with E-state index in [0.29, 0.717) is 27.2 Å². The van der Waals surface area contributed by atoms with Crippen molar-refractivity contribution in [3.63, 3.8) is 0 Å². The Morgan fingerprint density at radius 2 is 1.68 bits per heavy atom. The minimum atomic E-state index is -0.0560. The van der Waals surface area contributed by atoms with E-state index in [9.17, 15) is 0 Å². The third kappa shape index (κ3) is 4.18. The molecule has 2 rings (SSSR count). The number of thioether (sulfide) groups is 1. The average molecular weight is 421 g/mol. The number of ether oxygens (including phenoxy) is 1. The number of imidazole rings is 1. The van der Waals surface area contributed by atoms with E-state index >= 15 is 0 Å². The van der Waals surface area contributed by atoms with Crippen LogP contribution in [0.15, 0.2) is 23.6 Å². The highest BCUT2D eigenvalue weighted by atomic mass is 35.5. The summed E-state index contributed by atoms with van der Waals surface area (Å²) in [5.74, 6) is 0.614. The Labute approximate surface area is 157 Å². The molecule has 3 nitrogen and oxygen atoms in total. The van der Waals surface area contributed by atoms with Crippen LogP contribution in [-0.2, 0) is 11.3 Å². The molecule has 0 saturated carbocycles. The molecule has 0 bridgehead atoms. The van der Waals surface area contributed by atoms with Gasteiger partial charge in [-0.15, -0.1) is 11.8 Å². The van der Waals surface area contributed by atoms with Crippen LogP contribution in [0.3, 0.4) is 0 Å². The molecule has 0 aliphatic carbocycles. The molecule has 1 atom stereocenters. The average Bonchev–Trinajstić information content (AvgIpc) is 3.02. The number of rotatable bonds is 6. The Kier molecular flexibility index (Phi) is 7.02. The van der Waals surface area contributed by atoms with E-state index in [4.69, 9.17) is 62.7 Å². The van der Waals surface area contributed by atoms with Gasteiger partial charge in [-0.2, -0.15) is 0 Å². The van der Waals surface area contributed by atoms with Gasteiger partial charge in [0.15, 0.2) is 0 Å². The van der Waals surface area contributed by atoms with Crippen LogP contribution in [0.4, 0.5) is 0 Å². The third-order valence-corrected chi connectivity index (χ3v) is 6.63. The van der Waals surface area contributed by atoms with Crippen molar-refractivity contribution in [1.29, 1.82) is 0 Å². The first kappa shape index (κ1) is 18.5. The van der Waals surface area contributed by atoms with Gasteiger partial charge in [-0.3, -0.25) is 0 Å². The number of nitrogens with zero attached hydrogens (tertiary/aromatic N) is 2. The SMILES string of the molecule is COC(CSc1c(Cl)c(Cl)c(Cl)c(Cl)c1Cl)Cn1ccnc1. The zero-order valence-electron chi connectivity index (χ0n) is 11.3. The van der Waals surface area contributed by atoms with Gasteiger partial charge in [-0.1, -0.05) is 58.0 Å². The molecule has 22 heavy (non-hydrogen) atoms. The maximum atomic E-state index is 6.21. The highest BCUT2D eigenvalue weighted by Gasteiger charge is 2.21. The summed E-state index contributed by atoms with van der Waals surface area (Å²) < 4.78 is 7.39. The van der Waals surface area contributed by atoms with E-state index in [1.807, 2.05) is 10.8 Å². The Morgan fingerprint density at radius 3 is 2.18 bits per heavy atom. The molecular formula is C13H11Cl5N2OS. The summed E-state index contributed by atoms with van der Waals surface area (Å²) in [5.41, 5.74) is 0. The minimum Gasteiger partial charge on any atom is -0.379 e. The normalized spacial score (nSPS) is 12.6. The van der Waals surface area contributed by atoms with Crippen molar-refractivity contribution in [3.05, 3.63) is 43.8 Å². The highest BCUT2D eigenvalue weighted by Crippen LogP contribution is 2.47. The van der Waals surface area contributed by atoms with Gasteiger partial charge in [0.2, 0.25) is 0 Å². The molecule has 0 radical (unpaired) electrons. The zero-order chi connectivity index (χ0) is 16.3. The fraction of sp³-hybridized carbons (Fsp3) is 0.308. The van der Waals surface area contributed by atoms with Crippen molar-refractivity contribution in [2.75, 3.05) is 12.9 Å². The van der Waals surface area contributed by atoms with Gasteiger partial charge in [-0.05, 0) is 0 Å². The molecule has 0 spiro atoms. The van der Waals surface area contributed by atoms with Crippen molar-refractivity contribution in [3.8, 4) is 0 Å². The van der Waals surface area contributed by atoms with E-state index in [1.165, 1.54) is 11.8 Å². The summed E-state index contributed by atoms with van der Waals surface area (Å²) >= 11 is 31.9. The summed E-state index contributed by atoms with van der Waals surface area (Å²) in [5, 5.41) is 1.14. The third-order valence-electron chi connectivity index (χ3n) is 2.89. The lowest BCUT2D eigenvalue weighted by atomic mass is 10.3. The summed E-state index contributed by atoms with van der Waals surface area (Å²) in [4.78, 5) is 4.59. The van der Waals surface area contributed by atoms with Crippen LogP contribution in [0, 0.1) is 0 Å². The zero-order valence-corrected chi connectivity index (χ0v) is 15.9. The van der Waals surface area contributed by atoms with Gasteiger partial charge in [0.25, 0.3) is 0 Å². The quantitative estimate of drug-likeness (QED) is 0.328. The summed E-state index contributed by atoms with van der Waals surface area (Å²) in [6.45, 7) is 0.661. The van der Waals surface area contributed by atoms with E-state index in [2.05, 4.69) is 4.98 Å². The number of hydrogen-bond acceptors (Lipinski definition) is 3. The van der Waals surface area contributed by atoms with Crippen LogP contribution < -0.4 is 0 Å². The Hall–Kier alpha value is 0.190. The maximum absolute atomic E-state index is 6.21. The van der Waals surface area contributed by atoms with Crippen LogP contribution in [-0.4, -0.2) is 28.5 Å². The van der Waals surface area contributed by atoms with Crippen LogP contribution in [0.25, 0.3) is 0 Å². The second-order valence-electron chi connectivity index (χ2n) is 4.33. The van der Waals surface area contributed by atoms with Crippen molar-refractivity contribution < 1.29 is 4.74 Å². The van der Waals surface area contributed by atoms with Crippen molar-refractivity contribution in [1.82, 2.24) is 9.55 Å². The summed E-state index contributed by atoms with van der Waals surface area (Å²) in [6, 6.07) is 0. The van der Waals surface area contributed by atoms with Gasteiger partial charge < -0.3 is 9.30 Å². The lowest BCUT2D eigenvalue weighted by Gasteiger charge is -2.17. The second kappa shape index (κ2) is 8.34. The first-order chi connectivity index (χ1) is 10.5. The number of methoxy groups -OCH3 is 1. The molecule has 120 valence electrons. The van der Waals surface area contributed by atoms with Crippen LogP contribution in [0.5, 0.6) is 0 Å². The van der Waals surface area contributed by atoms with Gasteiger partial charge in [-0.25, -0.2) is 4.98 Å². The maximum Gasteiger partial charge on any atom is 0.0946 e. The van der Waals surface area contributed by atoms with E-state index in [1.54, 1.807) is 19.6 Å². The number of aromatic nitrogens is 2. The first-order valence-corrected chi connectivity index (χ1v) is 8.96. The van der Waals surface area contributed by atoms with E-state index in [0.717, 1.165) is 0 Å². The first-order valence-electron chi connectivity index (χ1n) is 6.08. The standard InChI is InChI=1S/C13H11Cl5N2OS/c1-21-7(4-20-3-2-19-6-20)5-22-13-11(17)9(15)8(14)10(16)12(13)18/h2-3,6-7H,4-5H2,1H3. The molecule has 2 aromatic rings. The van der Waals surface area contributed by atoms with Gasteiger partial charge in [0, 0.05) is 30.2 Å². The Bertz CT molecular complexity index is 621. The molecule has 1 aromatic heterocycles. The second-order valence-corrected chi connectivity index (χ2v) is 7.25. The van der Waals surface area contributed by atoms with Gasteiger partial charge in [0.1, 0.15) is 0 Å². The molecule has 0 N–H and O–H groups in total. The summed E-state index contributed by atoms with van der Waals surface area (Å²) in [6.07, 6.45) is 5.26. The predicted octanol–water partition coefficient (Wildman–Crippen LogP) is 5.96. The largest absolute Gasteiger partial charge is 0.379 e.